The lowest BCUT2D eigenvalue weighted by atomic mass is 9.87. The number of thiazole rings is 1. The normalized spacial score (nSPS) is 11.3. The molecule has 4 aromatic rings. The first kappa shape index (κ1) is 23.9. The van der Waals surface area contributed by atoms with E-state index in [0.29, 0.717) is 5.75 Å². The SMILES string of the molecule is CC(C)(C)c1ccc(OCC(=O)NC(=S)Nc2ccc(Cc3nc4ccccc4s3)cc2)cc1. The molecule has 34 heavy (non-hydrogen) atoms. The summed E-state index contributed by atoms with van der Waals surface area (Å²) in [5, 5.41) is 7.00. The van der Waals surface area contributed by atoms with Gasteiger partial charge in [0.25, 0.3) is 5.91 Å². The molecule has 0 aliphatic carbocycles. The van der Waals surface area contributed by atoms with Crippen LogP contribution in [-0.4, -0.2) is 22.6 Å². The third-order valence-corrected chi connectivity index (χ3v) is 6.49. The van der Waals surface area contributed by atoms with E-state index in [2.05, 4.69) is 42.5 Å². The Kier molecular flexibility index (Phi) is 7.24. The number of para-hydroxylation sites is 1. The Morgan fingerprint density at radius 3 is 2.38 bits per heavy atom. The van der Waals surface area contributed by atoms with Crippen LogP contribution in [0.4, 0.5) is 5.69 Å². The van der Waals surface area contributed by atoms with E-state index < -0.39 is 0 Å². The number of thiocarbonyl (C=S) groups is 1. The zero-order valence-electron chi connectivity index (χ0n) is 19.4. The molecule has 3 aromatic carbocycles. The van der Waals surface area contributed by atoms with Gasteiger partial charge in [-0.05, 0) is 65.2 Å². The van der Waals surface area contributed by atoms with Crippen LogP contribution >= 0.6 is 23.6 Å². The number of benzene rings is 3. The molecule has 0 unspecified atom stereocenters. The van der Waals surface area contributed by atoms with Gasteiger partial charge in [0.2, 0.25) is 0 Å². The highest BCUT2D eigenvalue weighted by Gasteiger charge is 2.13. The third kappa shape index (κ3) is 6.40. The number of nitrogens with one attached hydrogen (secondary N) is 2. The quantitative estimate of drug-likeness (QED) is 0.322. The predicted molar refractivity (Wildman–Crippen MR) is 144 cm³/mol. The zero-order valence-corrected chi connectivity index (χ0v) is 21.1. The maximum atomic E-state index is 12.2. The smallest absolute Gasteiger partial charge is 0.264 e. The highest BCUT2D eigenvalue weighted by Crippen LogP contribution is 2.25. The number of anilines is 1. The van der Waals surface area contributed by atoms with Crippen molar-refractivity contribution in [3.63, 3.8) is 0 Å². The van der Waals surface area contributed by atoms with Gasteiger partial charge in [-0.15, -0.1) is 11.3 Å². The first-order valence-electron chi connectivity index (χ1n) is 11.0. The average Bonchev–Trinajstić information content (AvgIpc) is 3.21. The van der Waals surface area contributed by atoms with Gasteiger partial charge in [0, 0.05) is 12.1 Å². The second-order valence-corrected chi connectivity index (χ2v) is 10.5. The molecule has 5 nitrogen and oxygen atoms in total. The van der Waals surface area contributed by atoms with Crippen molar-refractivity contribution in [3.8, 4) is 5.75 Å². The van der Waals surface area contributed by atoms with E-state index in [1.54, 1.807) is 11.3 Å². The molecule has 1 amide bonds. The molecule has 0 saturated carbocycles. The van der Waals surface area contributed by atoms with E-state index in [1.807, 2.05) is 66.7 Å². The molecule has 0 aliphatic heterocycles. The standard InChI is InChI=1S/C27H27N3O2S2/c1-27(2,3)19-10-14-21(15-11-19)32-17-24(31)30-26(33)28-20-12-8-18(9-13-20)16-25-29-22-6-4-5-7-23(22)34-25/h4-15H,16-17H2,1-3H3,(H2,28,30,31,33). The number of carbonyl (C=O) groups is 1. The van der Waals surface area contributed by atoms with Crippen LogP contribution < -0.4 is 15.4 Å². The van der Waals surface area contributed by atoms with Crippen molar-refractivity contribution < 1.29 is 9.53 Å². The Hall–Kier alpha value is -3.29. The van der Waals surface area contributed by atoms with E-state index in [9.17, 15) is 4.79 Å². The highest BCUT2D eigenvalue weighted by atomic mass is 32.1. The van der Waals surface area contributed by atoms with E-state index >= 15 is 0 Å². The number of hydrogen-bond acceptors (Lipinski definition) is 5. The van der Waals surface area contributed by atoms with Gasteiger partial charge in [0.05, 0.1) is 15.2 Å². The van der Waals surface area contributed by atoms with Gasteiger partial charge in [0.1, 0.15) is 5.75 Å². The highest BCUT2D eigenvalue weighted by molar-refractivity contribution is 7.80. The fourth-order valence-corrected chi connectivity index (χ4v) is 4.63. The molecule has 174 valence electrons. The van der Waals surface area contributed by atoms with Crippen LogP contribution in [0, 0.1) is 0 Å². The van der Waals surface area contributed by atoms with Crippen LogP contribution in [0.1, 0.15) is 36.9 Å². The van der Waals surface area contributed by atoms with Crippen LogP contribution in [0.5, 0.6) is 5.75 Å². The van der Waals surface area contributed by atoms with Crippen molar-refractivity contribution in [1.29, 1.82) is 0 Å². The first-order chi connectivity index (χ1) is 16.3. The summed E-state index contributed by atoms with van der Waals surface area (Å²) in [6.45, 7) is 6.35. The number of fused-ring (bicyclic) bond motifs is 1. The van der Waals surface area contributed by atoms with Crippen molar-refractivity contribution in [2.45, 2.75) is 32.6 Å². The minimum atomic E-state index is -0.315. The minimum absolute atomic E-state index is 0.0709. The number of hydrogen-bond donors (Lipinski definition) is 2. The summed E-state index contributed by atoms with van der Waals surface area (Å²) in [5.41, 5.74) is 4.28. The van der Waals surface area contributed by atoms with E-state index in [1.165, 1.54) is 10.3 Å². The molecule has 7 heteroatoms. The molecule has 0 spiro atoms. The Bertz CT molecular complexity index is 1260. The Labute approximate surface area is 209 Å². The van der Waals surface area contributed by atoms with Crippen molar-refractivity contribution in [3.05, 3.63) is 88.9 Å². The molecular weight excluding hydrogens is 462 g/mol. The van der Waals surface area contributed by atoms with Crippen molar-refractivity contribution in [1.82, 2.24) is 10.3 Å². The second-order valence-electron chi connectivity index (χ2n) is 9.01. The lowest BCUT2D eigenvalue weighted by Crippen LogP contribution is -2.37. The maximum Gasteiger partial charge on any atom is 0.264 e. The number of rotatable bonds is 6. The topological polar surface area (TPSA) is 63.2 Å². The molecule has 0 atom stereocenters. The molecule has 1 heterocycles. The third-order valence-electron chi connectivity index (χ3n) is 5.25. The fourth-order valence-electron chi connectivity index (χ4n) is 3.40. The van der Waals surface area contributed by atoms with Gasteiger partial charge in [-0.2, -0.15) is 0 Å². The summed E-state index contributed by atoms with van der Waals surface area (Å²) < 4.78 is 6.77. The van der Waals surface area contributed by atoms with Crippen LogP contribution in [-0.2, 0) is 16.6 Å². The molecule has 0 fully saturated rings. The van der Waals surface area contributed by atoms with Crippen molar-refractivity contribution >= 4 is 50.5 Å². The van der Waals surface area contributed by atoms with Crippen LogP contribution in [0.2, 0.25) is 0 Å². The molecule has 0 aliphatic rings. The fraction of sp³-hybridized carbons (Fsp3) is 0.222. The number of ether oxygens (including phenoxy) is 1. The summed E-state index contributed by atoms with van der Waals surface area (Å²) in [7, 11) is 0. The Balaban J connectivity index is 1.24. The Morgan fingerprint density at radius 1 is 1.00 bits per heavy atom. The largest absolute Gasteiger partial charge is 0.484 e. The first-order valence-corrected chi connectivity index (χ1v) is 12.3. The van der Waals surface area contributed by atoms with E-state index in [-0.39, 0.29) is 23.0 Å². The lowest BCUT2D eigenvalue weighted by Gasteiger charge is -2.19. The summed E-state index contributed by atoms with van der Waals surface area (Å²) in [6, 6.07) is 23.9. The summed E-state index contributed by atoms with van der Waals surface area (Å²) in [4.78, 5) is 16.9. The molecular formula is C27H27N3O2S2. The maximum absolute atomic E-state index is 12.2. The monoisotopic (exact) mass is 489 g/mol. The number of nitrogens with zero attached hydrogens (tertiary/aromatic N) is 1. The summed E-state index contributed by atoms with van der Waals surface area (Å²) >= 11 is 6.98. The van der Waals surface area contributed by atoms with Crippen LogP contribution in [0.25, 0.3) is 10.2 Å². The number of aromatic nitrogens is 1. The van der Waals surface area contributed by atoms with Crippen LogP contribution in [0.15, 0.2) is 72.8 Å². The molecule has 0 saturated heterocycles. The predicted octanol–water partition coefficient (Wildman–Crippen LogP) is 6.08. The minimum Gasteiger partial charge on any atom is -0.484 e. The molecule has 2 N–H and O–H groups in total. The summed E-state index contributed by atoms with van der Waals surface area (Å²) in [5.74, 6) is 0.329. The second kappa shape index (κ2) is 10.3. The van der Waals surface area contributed by atoms with Gasteiger partial charge in [-0.1, -0.05) is 57.2 Å². The van der Waals surface area contributed by atoms with Crippen molar-refractivity contribution in [2.75, 3.05) is 11.9 Å². The van der Waals surface area contributed by atoms with Gasteiger partial charge in [0.15, 0.2) is 11.7 Å². The van der Waals surface area contributed by atoms with Gasteiger partial charge in [-0.3, -0.25) is 10.1 Å². The van der Waals surface area contributed by atoms with Crippen LogP contribution in [0.3, 0.4) is 0 Å². The average molecular weight is 490 g/mol. The Morgan fingerprint density at radius 2 is 1.71 bits per heavy atom. The molecule has 1 aromatic heterocycles. The number of carbonyl (C=O) groups excluding carboxylic acids is 1. The number of amides is 1. The summed E-state index contributed by atoms with van der Waals surface area (Å²) in [6.07, 6.45) is 0.773. The van der Waals surface area contributed by atoms with Crippen molar-refractivity contribution in [2.24, 2.45) is 0 Å². The molecule has 0 bridgehead atoms. The van der Waals surface area contributed by atoms with E-state index in [0.717, 1.165) is 28.2 Å². The molecule has 0 radical (unpaired) electrons. The van der Waals surface area contributed by atoms with E-state index in [4.69, 9.17) is 17.0 Å². The lowest BCUT2D eigenvalue weighted by molar-refractivity contribution is -0.121. The van der Waals surface area contributed by atoms with Gasteiger partial charge >= 0.3 is 0 Å². The molecule has 4 rings (SSSR count). The van der Waals surface area contributed by atoms with Gasteiger partial charge in [-0.25, -0.2) is 4.98 Å². The van der Waals surface area contributed by atoms with Gasteiger partial charge < -0.3 is 10.1 Å². The zero-order chi connectivity index (χ0) is 24.1.